The Kier molecular flexibility index (Phi) is 2.95. The Morgan fingerprint density at radius 1 is 1.25 bits per heavy atom. The summed E-state index contributed by atoms with van der Waals surface area (Å²) in [6.45, 7) is 0. The molecule has 0 spiro atoms. The van der Waals surface area contributed by atoms with Crippen LogP contribution >= 0.6 is 11.6 Å². The number of hydrogen-bond acceptors (Lipinski definition) is 3. The van der Waals surface area contributed by atoms with Gasteiger partial charge >= 0.3 is 0 Å². The van der Waals surface area contributed by atoms with E-state index in [2.05, 4.69) is 5.32 Å². The van der Waals surface area contributed by atoms with Gasteiger partial charge in [-0.05, 0) is 35.9 Å². The molecule has 0 atom stereocenters. The first-order chi connectivity index (χ1) is 9.56. The molecule has 0 aromatic heterocycles. The van der Waals surface area contributed by atoms with E-state index in [0.29, 0.717) is 22.6 Å². The van der Waals surface area contributed by atoms with Crippen molar-refractivity contribution in [2.45, 2.75) is 6.42 Å². The number of nitrogen functional groups attached to an aromatic ring is 1. The predicted octanol–water partition coefficient (Wildman–Crippen LogP) is 2.65. The molecule has 0 bridgehead atoms. The van der Waals surface area contributed by atoms with Gasteiger partial charge in [0.15, 0.2) is 5.78 Å². The molecule has 3 N–H and O–H groups in total. The summed E-state index contributed by atoms with van der Waals surface area (Å²) in [5, 5.41) is 3.08. The minimum absolute atomic E-state index is 0.0631. The molecule has 2 aromatic rings. The molecule has 2 aromatic carbocycles. The summed E-state index contributed by atoms with van der Waals surface area (Å²) in [7, 11) is 0. The fourth-order valence-electron chi connectivity index (χ4n) is 2.26. The van der Waals surface area contributed by atoms with Crippen LogP contribution in [0.4, 0.5) is 11.4 Å². The maximum atomic E-state index is 12.5. The molecule has 0 fully saturated rings. The monoisotopic (exact) mass is 286 g/mol. The van der Waals surface area contributed by atoms with Crippen molar-refractivity contribution >= 4 is 34.7 Å². The number of carbonyl (C=O) groups excluding carboxylic acids is 2. The number of carbonyl (C=O) groups is 2. The highest BCUT2D eigenvalue weighted by Gasteiger charge is 2.20. The highest BCUT2D eigenvalue weighted by atomic mass is 35.5. The molecular weight excluding hydrogens is 276 g/mol. The van der Waals surface area contributed by atoms with Crippen LogP contribution in [-0.2, 0) is 11.2 Å². The lowest BCUT2D eigenvalue weighted by molar-refractivity contribution is -0.115. The van der Waals surface area contributed by atoms with Gasteiger partial charge in [0.1, 0.15) is 0 Å². The Hall–Kier alpha value is -2.33. The second kappa shape index (κ2) is 4.65. The number of para-hydroxylation sites is 1. The third-order valence-corrected chi connectivity index (χ3v) is 3.62. The number of halogens is 1. The first-order valence-corrected chi connectivity index (χ1v) is 6.45. The van der Waals surface area contributed by atoms with Crippen LogP contribution in [0.3, 0.4) is 0 Å². The Morgan fingerprint density at radius 2 is 2.05 bits per heavy atom. The van der Waals surface area contributed by atoms with Gasteiger partial charge in [0.2, 0.25) is 5.91 Å². The maximum absolute atomic E-state index is 12.5. The topological polar surface area (TPSA) is 72.2 Å². The van der Waals surface area contributed by atoms with E-state index in [0.717, 1.165) is 11.3 Å². The second-order valence-corrected chi connectivity index (χ2v) is 5.03. The molecule has 0 unspecified atom stereocenters. The van der Waals surface area contributed by atoms with Crippen LogP contribution in [0, 0.1) is 0 Å². The molecule has 5 heteroatoms. The van der Waals surface area contributed by atoms with Gasteiger partial charge in [-0.1, -0.05) is 17.7 Å². The fraction of sp³-hybridized carbons (Fsp3) is 0.0667. The zero-order valence-corrected chi connectivity index (χ0v) is 11.2. The lowest BCUT2D eigenvalue weighted by atomic mass is 9.99. The summed E-state index contributed by atoms with van der Waals surface area (Å²) in [6, 6.07) is 10.1. The van der Waals surface area contributed by atoms with Crippen LogP contribution < -0.4 is 11.1 Å². The normalized spacial score (nSPS) is 12.9. The van der Waals surface area contributed by atoms with Crippen molar-refractivity contribution in [2.24, 2.45) is 0 Å². The average Bonchev–Trinajstić information content (AvgIpc) is 2.80. The third-order valence-electron chi connectivity index (χ3n) is 3.29. The molecule has 0 aliphatic carbocycles. The van der Waals surface area contributed by atoms with Crippen LogP contribution in [0.5, 0.6) is 0 Å². The van der Waals surface area contributed by atoms with Crippen molar-refractivity contribution in [3.63, 3.8) is 0 Å². The second-order valence-electron chi connectivity index (χ2n) is 4.63. The van der Waals surface area contributed by atoms with Crippen molar-refractivity contribution in [1.82, 2.24) is 0 Å². The van der Waals surface area contributed by atoms with Crippen molar-refractivity contribution in [3.05, 3.63) is 58.1 Å². The third kappa shape index (κ3) is 2.04. The molecule has 3 rings (SSSR count). The van der Waals surface area contributed by atoms with Crippen molar-refractivity contribution in [3.8, 4) is 0 Å². The molecule has 1 aliphatic heterocycles. The maximum Gasteiger partial charge on any atom is 0.228 e. The van der Waals surface area contributed by atoms with Gasteiger partial charge < -0.3 is 11.1 Å². The molecule has 0 radical (unpaired) electrons. The molecule has 1 amide bonds. The largest absolute Gasteiger partial charge is 0.397 e. The van der Waals surface area contributed by atoms with Crippen LogP contribution in [0.1, 0.15) is 21.5 Å². The Bertz CT molecular complexity index is 741. The van der Waals surface area contributed by atoms with Crippen molar-refractivity contribution < 1.29 is 9.59 Å². The number of anilines is 2. The van der Waals surface area contributed by atoms with E-state index >= 15 is 0 Å². The standard InChI is InChI=1S/C15H11ClN2O2/c16-11-3-1-2-10(14(11)17)15(20)8-4-5-12-9(6-8)7-13(19)18-12/h1-6H,7,17H2,(H,18,19). The van der Waals surface area contributed by atoms with Gasteiger partial charge in [-0.25, -0.2) is 0 Å². The van der Waals surface area contributed by atoms with Gasteiger partial charge in [-0.2, -0.15) is 0 Å². The van der Waals surface area contributed by atoms with Gasteiger partial charge in [0.25, 0.3) is 0 Å². The number of ketones is 1. The van der Waals surface area contributed by atoms with E-state index in [-0.39, 0.29) is 17.4 Å². The predicted molar refractivity (Wildman–Crippen MR) is 78.1 cm³/mol. The van der Waals surface area contributed by atoms with E-state index in [1.54, 1.807) is 36.4 Å². The minimum Gasteiger partial charge on any atom is -0.397 e. The summed E-state index contributed by atoms with van der Waals surface area (Å²) in [5.41, 5.74) is 8.55. The van der Waals surface area contributed by atoms with Crippen LogP contribution in [0.2, 0.25) is 5.02 Å². The fourth-order valence-corrected chi connectivity index (χ4v) is 2.44. The van der Waals surface area contributed by atoms with Gasteiger partial charge in [0, 0.05) is 16.8 Å². The number of amides is 1. The molecular formula is C15H11ClN2O2. The van der Waals surface area contributed by atoms with Gasteiger partial charge in [0.05, 0.1) is 17.1 Å². The first kappa shape index (κ1) is 12.7. The smallest absolute Gasteiger partial charge is 0.228 e. The molecule has 0 saturated carbocycles. The van der Waals surface area contributed by atoms with Crippen molar-refractivity contribution in [2.75, 3.05) is 11.1 Å². The number of nitrogens with one attached hydrogen (secondary N) is 1. The summed E-state index contributed by atoms with van der Waals surface area (Å²) in [5.74, 6) is -0.265. The van der Waals surface area contributed by atoms with Gasteiger partial charge in [-0.3, -0.25) is 9.59 Å². The molecule has 1 heterocycles. The summed E-state index contributed by atoms with van der Waals surface area (Å²) in [4.78, 5) is 23.8. The lowest BCUT2D eigenvalue weighted by Crippen LogP contribution is -2.06. The van der Waals surface area contributed by atoms with Crippen LogP contribution in [-0.4, -0.2) is 11.7 Å². The van der Waals surface area contributed by atoms with E-state index in [4.69, 9.17) is 17.3 Å². The van der Waals surface area contributed by atoms with Crippen LogP contribution in [0.15, 0.2) is 36.4 Å². The van der Waals surface area contributed by atoms with E-state index < -0.39 is 0 Å². The van der Waals surface area contributed by atoms with E-state index in [9.17, 15) is 9.59 Å². The Morgan fingerprint density at radius 3 is 2.85 bits per heavy atom. The molecule has 100 valence electrons. The van der Waals surface area contributed by atoms with Gasteiger partial charge in [-0.15, -0.1) is 0 Å². The molecule has 20 heavy (non-hydrogen) atoms. The Balaban J connectivity index is 2.02. The summed E-state index contributed by atoms with van der Waals surface area (Å²) in [6.07, 6.45) is 0.293. The lowest BCUT2D eigenvalue weighted by Gasteiger charge is -2.07. The number of hydrogen-bond donors (Lipinski definition) is 2. The summed E-state index contributed by atoms with van der Waals surface area (Å²) >= 11 is 5.93. The summed E-state index contributed by atoms with van der Waals surface area (Å²) < 4.78 is 0. The number of nitrogens with two attached hydrogens (primary N) is 1. The zero-order valence-electron chi connectivity index (χ0n) is 10.4. The van der Waals surface area contributed by atoms with E-state index in [1.807, 2.05) is 0 Å². The molecule has 4 nitrogen and oxygen atoms in total. The average molecular weight is 287 g/mol. The number of rotatable bonds is 2. The molecule has 0 saturated heterocycles. The number of benzene rings is 2. The molecule has 1 aliphatic rings. The highest BCUT2D eigenvalue weighted by molar-refractivity contribution is 6.34. The quantitative estimate of drug-likeness (QED) is 0.658. The highest BCUT2D eigenvalue weighted by Crippen LogP contribution is 2.28. The SMILES string of the molecule is Nc1c(Cl)cccc1C(=O)c1ccc2c(c1)CC(=O)N2. The zero-order chi connectivity index (χ0) is 14.3. The van der Waals surface area contributed by atoms with Crippen LogP contribution in [0.25, 0.3) is 0 Å². The Labute approximate surface area is 120 Å². The minimum atomic E-state index is -0.202. The number of fused-ring (bicyclic) bond motifs is 1. The van der Waals surface area contributed by atoms with E-state index in [1.165, 1.54) is 0 Å². The first-order valence-electron chi connectivity index (χ1n) is 6.08. The van der Waals surface area contributed by atoms with Crippen molar-refractivity contribution in [1.29, 1.82) is 0 Å².